The minimum Gasteiger partial charge on any atom is -0.488 e. The predicted octanol–water partition coefficient (Wildman–Crippen LogP) is 6.50. The normalized spacial score (nSPS) is 13.6. The van der Waals surface area contributed by atoms with E-state index < -0.39 is 0 Å². The van der Waals surface area contributed by atoms with E-state index in [1.165, 1.54) is 0 Å². The molecule has 34 heavy (non-hydrogen) atoms. The van der Waals surface area contributed by atoms with Crippen LogP contribution in [0.3, 0.4) is 0 Å². The Morgan fingerprint density at radius 1 is 0.824 bits per heavy atom. The summed E-state index contributed by atoms with van der Waals surface area (Å²) in [6.07, 6.45) is 1.86. The summed E-state index contributed by atoms with van der Waals surface area (Å²) in [6, 6.07) is 15.1. The van der Waals surface area contributed by atoms with Crippen molar-refractivity contribution in [2.24, 2.45) is 0 Å². The van der Waals surface area contributed by atoms with Crippen LogP contribution in [-0.4, -0.2) is 19.9 Å². The Morgan fingerprint density at radius 3 is 2.21 bits per heavy atom. The fourth-order valence-electron chi connectivity index (χ4n) is 5.05. The molecule has 6 heteroatoms. The molecule has 0 atom stereocenters. The second-order valence-electron chi connectivity index (χ2n) is 9.49. The van der Waals surface area contributed by atoms with Gasteiger partial charge in [0.1, 0.15) is 36.4 Å². The minimum atomic E-state index is 0.363. The lowest BCUT2D eigenvalue weighted by molar-refractivity contribution is 0.278. The average Bonchev–Trinajstić information content (AvgIpc) is 3.48. The molecule has 0 bridgehead atoms. The van der Waals surface area contributed by atoms with Crippen LogP contribution < -0.4 is 9.47 Å². The summed E-state index contributed by atoms with van der Waals surface area (Å²) in [6.45, 7) is 7.28. The van der Waals surface area contributed by atoms with E-state index >= 15 is 0 Å². The highest BCUT2D eigenvalue weighted by Gasteiger charge is 2.30. The molecule has 5 aromatic rings. The molecule has 0 spiro atoms. The largest absolute Gasteiger partial charge is 0.488 e. The summed E-state index contributed by atoms with van der Waals surface area (Å²) in [7, 11) is 0. The molecule has 3 aromatic carbocycles. The minimum absolute atomic E-state index is 0.363. The molecule has 2 N–H and O–H groups in total. The summed E-state index contributed by atoms with van der Waals surface area (Å²) in [5, 5.41) is 0. The number of nitrogens with one attached hydrogen (secondary N) is 2. The molecule has 4 heterocycles. The standard InChI is InChI=1S/C28H24N4O2/c1-14(2)28-31-21-5-4-16(8-22(21)32-28)17-6-19-12-34-25-10-18(23-11-29-15(3)30-23)7-20-13-33-24(9-17)26(19)27(20)25/h4-11,14H,12-13H2,1-3H3,(H,29,30)(H,31,32). The van der Waals surface area contributed by atoms with Gasteiger partial charge in [-0.05, 0) is 54.4 Å². The number of nitrogens with zero attached hydrogens (tertiary/aromatic N) is 2. The molecule has 0 fully saturated rings. The summed E-state index contributed by atoms with van der Waals surface area (Å²) in [4.78, 5) is 15.8. The maximum absolute atomic E-state index is 6.30. The molecule has 6 nitrogen and oxygen atoms in total. The maximum Gasteiger partial charge on any atom is 0.128 e. The Morgan fingerprint density at radius 2 is 1.53 bits per heavy atom. The first-order valence-corrected chi connectivity index (χ1v) is 11.7. The van der Waals surface area contributed by atoms with Gasteiger partial charge in [0.2, 0.25) is 0 Å². The van der Waals surface area contributed by atoms with Gasteiger partial charge in [-0.15, -0.1) is 0 Å². The zero-order chi connectivity index (χ0) is 23.0. The first kappa shape index (κ1) is 19.4. The summed E-state index contributed by atoms with van der Waals surface area (Å²) in [5.41, 5.74) is 11.0. The Labute approximate surface area is 197 Å². The third kappa shape index (κ3) is 2.88. The molecule has 0 unspecified atom stereocenters. The van der Waals surface area contributed by atoms with E-state index in [4.69, 9.17) is 14.5 Å². The molecule has 2 aliphatic rings. The van der Waals surface area contributed by atoms with Crippen LogP contribution in [0, 0.1) is 6.92 Å². The lowest BCUT2D eigenvalue weighted by Gasteiger charge is -2.30. The van der Waals surface area contributed by atoms with Gasteiger partial charge < -0.3 is 19.4 Å². The van der Waals surface area contributed by atoms with Crippen LogP contribution in [0.25, 0.3) is 44.5 Å². The highest BCUT2D eigenvalue weighted by molar-refractivity contribution is 5.90. The van der Waals surface area contributed by atoms with Gasteiger partial charge in [-0.1, -0.05) is 19.9 Å². The molecular formula is C28H24N4O2. The second kappa shape index (κ2) is 6.97. The Balaban J connectivity index is 1.33. The van der Waals surface area contributed by atoms with Crippen molar-refractivity contribution in [3.05, 3.63) is 71.4 Å². The first-order valence-electron chi connectivity index (χ1n) is 11.7. The van der Waals surface area contributed by atoms with Crippen LogP contribution in [-0.2, 0) is 13.2 Å². The summed E-state index contributed by atoms with van der Waals surface area (Å²) >= 11 is 0. The van der Waals surface area contributed by atoms with Gasteiger partial charge in [0, 0.05) is 33.7 Å². The summed E-state index contributed by atoms with van der Waals surface area (Å²) < 4.78 is 12.6. The van der Waals surface area contributed by atoms with Gasteiger partial charge in [-0.3, -0.25) is 0 Å². The molecule has 0 aliphatic carbocycles. The van der Waals surface area contributed by atoms with Crippen molar-refractivity contribution in [2.75, 3.05) is 0 Å². The lowest BCUT2D eigenvalue weighted by Crippen LogP contribution is -2.14. The number of hydrogen-bond acceptors (Lipinski definition) is 4. The third-order valence-corrected chi connectivity index (χ3v) is 6.78. The molecule has 2 aromatic heterocycles. The van der Waals surface area contributed by atoms with Crippen LogP contribution in [0.15, 0.2) is 48.7 Å². The Bertz CT molecular complexity index is 1560. The number of fused-ring (bicyclic) bond motifs is 1. The number of aromatic nitrogens is 4. The van der Waals surface area contributed by atoms with Gasteiger partial charge >= 0.3 is 0 Å². The van der Waals surface area contributed by atoms with Crippen molar-refractivity contribution >= 4 is 11.0 Å². The van der Waals surface area contributed by atoms with Crippen LogP contribution in [0.5, 0.6) is 11.5 Å². The van der Waals surface area contributed by atoms with E-state index in [2.05, 4.69) is 71.3 Å². The third-order valence-electron chi connectivity index (χ3n) is 6.78. The first-order chi connectivity index (χ1) is 16.5. The fraction of sp³-hybridized carbons (Fsp3) is 0.214. The highest BCUT2D eigenvalue weighted by Crippen LogP contribution is 2.50. The number of benzene rings is 3. The molecule has 7 rings (SSSR count). The quantitative estimate of drug-likeness (QED) is 0.330. The van der Waals surface area contributed by atoms with E-state index in [0.29, 0.717) is 19.1 Å². The monoisotopic (exact) mass is 448 g/mol. The van der Waals surface area contributed by atoms with E-state index in [-0.39, 0.29) is 0 Å². The van der Waals surface area contributed by atoms with Crippen molar-refractivity contribution in [1.82, 2.24) is 19.9 Å². The molecule has 0 radical (unpaired) electrons. The molecule has 168 valence electrons. The number of rotatable bonds is 3. The SMILES string of the molecule is Cc1ncc(-c2cc3c4c(c2)OCc2cc(-c5ccc6nc(C(C)C)[nH]c6c5)cc(c2-4)OC3)[nH]1. The number of aromatic amines is 2. The van der Waals surface area contributed by atoms with Crippen LogP contribution >= 0.6 is 0 Å². The molecule has 0 saturated heterocycles. The lowest BCUT2D eigenvalue weighted by atomic mass is 9.87. The number of imidazole rings is 2. The molecule has 0 saturated carbocycles. The van der Waals surface area contributed by atoms with Gasteiger partial charge in [0.25, 0.3) is 0 Å². The van der Waals surface area contributed by atoms with Crippen molar-refractivity contribution < 1.29 is 9.47 Å². The van der Waals surface area contributed by atoms with Gasteiger partial charge in [0.15, 0.2) is 0 Å². The highest BCUT2D eigenvalue weighted by atomic mass is 16.5. The van der Waals surface area contributed by atoms with Crippen LogP contribution in [0.1, 0.15) is 42.5 Å². The Hall–Kier alpha value is -4.06. The van der Waals surface area contributed by atoms with Crippen molar-refractivity contribution in [2.45, 2.75) is 39.9 Å². The zero-order valence-corrected chi connectivity index (χ0v) is 19.3. The molecular weight excluding hydrogens is 424 g/mol. The van der Waals surface area contributed by atoms with Crippen LogP contribution in [0.4, 0.5) is 0 Å². The van der Waals surface area contributed by atoms with E-state index in [1.807, 2.05) is 13.1 Å². The zero-order valence-electron chi connectivity index (χ0n) is 19.3. The number of aryl methyl sites for hydroxylation is 1. The molecule has 0 amide bonds. The second-order valence-corrected chi connectivity index (χ2v) is 9.49. The van der Waals surface area contributed by atoms with E-state index in [9.17, 15) is 0 Å². The summed E-state index contributed by atoms with van der Waals surface area (Å²) in [5.74, 6) is 4.10. The Kier molecular flexibility index (Phi) is 3.98. The maximum atomic E-state index is 6.30. The topological polar surface area (TPSA) is 75.8 Å². The van der Waals surface area contributed by atoms with Crippen molar-refractivity contribution in [3.63, 3.8) is 0 Å². The van der Waals surface area contributed by atoms with Crippen molar-refractivity contribution in [1.29, 1.82) is 0 Å². The van der Waals surface area contributed by atoms with Crippen molar-refractivity contribution in [3.8, 4) is 45.0 Å². The van der Waals surface area contributed by atoms with E-state index in [1.54, 1.807) is 0 Å². The van der Waals surface area contributed by atoms with Gasteiger partial charge in [-0.2, -0.15) is 0 Å². The molecule has 2 aliphatic heterocycles. The van der Waals surface area contributed by atoms with Gasteiger partial charge in [-0.25, -0.2) is 9.97 Å². The number of hydrogen-bond donors (Lipinski definition) is 2. The van der Waals surface area contributed by atoms with Gasteiger partial charge in [0.05, 0.1) is 22.9 Å². The number of ether oxygens (including phenoxy) is 2. The smallest absolute Gasteiger partial charge is 0.128 e. The van der Waals surface area contributed by atoms with E-state index in [0.717, 1.165) is 78.8 Å². The number of H-pyrrole nitrogens is 2. The fourth-order valence-corrected chi connectivity index (χ4v) is 5.05. The average molecular weight is 449 g/mol. The predicted molar refractivity (Wildman–Crippen MR) is 132 cm³/mol. The van der Waals surface area contributed by atoms with Crippen LogP contribution in [0.2, 0.25) is 0 Å².